The summed E-state index contributed by atoms with van der Waals surface area (Å²) in [7, 11) is 0. The molecule has 75 heavy (non-hydrogen) atoms. The van der Waals surface area contributed by atoms with E-state index in [1.165, 1.54) is 0 Å². The first-order valence-electron chi connectivity index (χ1n) is 23.3. The van der Waals surface area contributed by atoms with Crippen LogP contribution in [0.15, 0.2) is 35.3 Å². The van der Waals surface area contributed by atoms with Gasteiger partial charge in [-0.25, -0.2) is 4.79 Å². The van der Waals surface area contributed by atoms with Crippen LogP contribution in [-0.2, 0) is 59.2 Å². The first-order chi connectivity index (χ1) is 35.0. The lowest BCUT2D eigenvalue weighted by molar-refractivity contribution is -0.143. The fourth-order valence-corrected chi connectivity index (χ4v) is 6.62. The Labute approximate surface area is 429 Å². The van der Waals surface area contributed by atoms with Gasteiger partial charge in [0.2, 0.25) is 53.2 Å². The van der Waals surface area contributed by atoms with Gasteiger partial charge in [-0.15, -0.1) is 0 Å². The second-order valence-electron chi connectivity index (χ2n) is 17.2. The van der Waals surface area contributed by atoms with Gasteiger partial charge in [0.1, 0.15) is 54.4 Å². The lowest BCUT2D eigenvalue weighted by atomic mass is 10.0. The first-order valence-corrected chi connectivity index (χ1v) is 23.3. The summed E-state index contributed by atoms with van der Waals surface area (Å²) in [6.45, 7) is 3.81. The maximum Gasteiger partial charge on any atom is 0.326 e. The van der Waals surface area contributed by atoms with E-state index in [1.54, 1.807) is 30.3 Å². The molecule has 1 aromatic carbocycles. The Hall–Kier alpha value is -7.58. The zero-order chi connectivity index (χ0) is 57.3. The molecule has 31 nitrogen and oxygen atoms in total. The lowest BCUT2D eigenvalue weighted by Gasteiger charge is -2.30. The highest BCUT2D eigenvalue weighted by Gasteiger charge is 2.38. The molecule has 0 spiro atoms. The van der Waals surface area contributed by atoms with Crippen molar-refractivity contribution < 1.29 is 88.5 Å². The highest BCUT2D eigenvalue weighted by Crippen LogP contribution is 2.09. The van der Waals surface area contributed by atoms with Crippen molar-refractivity contribution in [3.8, 4) is 0 Å². The Morgan fingerprint density at radius 2 is 0.933 bits per heavy atom. The number of carboxylic acid groups (broad SMARTS) is 2. The third-order valence-electron chi connectivity index (χ3n) is 10.8. The molecule has 0 radical (unpaired) electrons. The molecule has 22 N–H and O–H groups in total. The summed E-state index contributed by atoms with van der Waals surface area (Å²) in [5, 5.41) is 90.6. The van der Waals surface area contributed by atoms with Gasteiger partial charge in [-0.05, 0) is 59.4 Å². The number of benzene rings is 1. The number of hydrogen-bond donors (Lipinski definition) is 19. The van der Waals surface area contributed by atoms with Crippen LogP contribution in [0.3, 0.4) is 0 Å². The average Bonchev–Trinajstić information content (AvgIpc) is 3.33. The number of hydrogen-bond acceptors (Lipinski definition) is 18. The van der Waals surface area contributed by atoms with Gasteiger partial charge in [0, 0.05) is 19.4 Å². The Bertz CT molecular complexity index is 2160. The minimum Gasteiger partial charge on any atom is -0.481 e. The van der Waals surface area contributed by atoms with Gasteiger partial charge in [-0.2, -0.15) is 0 Å². The minimum absolute atomic E-state index is 0.0152. The van der Waals surface area contributed by atoms with Crippen LogP contribution in [0, 0.1) is 0 Å². The number of aliphatic hydroxyl groups excluding tert-OH is 5. The maximum absolute atomic E-state index is 13.9. The van der Waals surface area contributed by atoms with Crippen molar-refractivity contribution in [1.29, 1.82) is 0 Å². The number of nitrogens with zero attached hydrogens (tertiary/aromatic N) is 1. The SMILES string of the molecule is C[C@H](NC(=O)[C@@H](NC(=O)[C@@H](NC(=O)[C@@H](NC(=O)[C@H](Cc1ccccc1)NC(=O)[C@H](CO)NC(=O)[C@@H](NC(=O)CN)[C@@H](C)O)[C@@H](C)O)[C@@H](C)O)[C@@H](C)O)C(=O)N[C@@H](CCC(=O)O)C(=O)N[C@@H](CCCN=C(N)N)C(=O)O. The van der Waals surface area contributed by atoms with E-state index >= 15 is 0 Å². The number of nitrogens with one attached hydrogen (secondary N) is 9. The fraction of sp³-hybridized carbons (Fsp3) is 0.591. The van der Waals surface area contributed by atoms with Crippen LogP contribution in [-0.4, -0.2) is 205 Å². The van der Waals surface area contributed by atoms with Crippen molar-refractivity contribution in [3.05, 3.63) is 35.9 Å². The third-order valence-corrected chi connectivity index (χ3v) is 10.8. The average molecular weight is 1070 g/mol. The second kappa shape index (κ2) is 32.6. The van der Waals surface area contributed by atoms with Crippen LogP contribution in [0.5, 0.6) is 0 Å². The minimum atomic E-state index is -1.99. The van der Waals surface area contributed by atoms with E-state index in [2.05, 4.69) is 52.8 Å². The van der Waals surface area contributed by atoms with E-state index in [0.717, 1.165) is 34.6 Å². The molecule has 0 aromatic heterocycles. The third kappa shape index (κ3) is 23.4. The fourth-order valence-electron chi connectivity index (χ4n) is 6.62. The molecule has 0 heterocycles. The van der Waals surface area contributed by atoms with Gasteiger partial charge in [0.15, 0.2) is 5.96 Å². The van der Waals surface area contributed by atoms with E-state index in [4.69, 9.17) is 17.2 Å². The highest BCUT2D eigenvalue weighted by molar-refractivity contribution is 5.99. The molecule has 1 rings (SSSR count). The van der Waals surface area contributed by atoms with E-state index in [1.807, 2.05) is 0 Å². The van der Waals surface area contributed by atoms with Gasteiger partial charge in [0.25, 0.3) is 0 Å². The molecule has 13 atom stereocenters. The zero-order valence-electron chi connectivity index (χ0n) is 41.8. The molecule has 0 aliphatic rings. The number of carbonyl (C=O) groups is 11. The predicted octanol–water partition coefficient (Wildman–Crippen LogP) is -8.91. The molecule has 0 fully saturated rings. The number of aliphatic hydroxyl groups is 5. The van der Waals surface area contributed by atoms with Crippen LogP contribution in [0.2, 0.25) is 0 Å². The van der Waals surface area contributed by atoms with Crippen LogP contribution >= 0.6 is 0 Å². The van der Waals surface area contributed by atoms with E-state index in [-0.39, 0.29) is 31.8 Å². The molecule has 0 bridgehead atoms. The summed E-state index contributed by atoms with van der Waals surface area (Å²) in [4.78, 5) is 146. The van der Waals surface area contributed by atoms with Crippen LogP contribution in [0.4, 0.5) is 0 Å². The van der Waals surface area contributed by atoms with Crippen molar-refractivity contribution in [1.82, 2.24) is 47.9 Å². The molecule has 420 valence electrons. The largest absolute Gasteiger partial charge is 0.481 e. The molecular weight excluding hydrogens is 999 g/mol. The van der Waals surface area contributed by atoms with Crippen molar-refractivity contribution in [2.75, 3.05) is 19.7 Å². The van der Waals surface area contributed by atoms with Gasteiger partial charge >= 0.3 is 11.9 Å². The number of aliphatic imine (C=N–C) groups is 1. The first kappa shape index (κ1) is 65.4. The zero-order valence-corrected chi connectivity index (χ0v) is 41.8. The Morgan fingerprint density at radius 3 is 1.39 bits per heavy atom. The van der Waals surface area contributed by atoms with Crippen LogP contribution in [0.1, 0.15) is 65.9 Å². The lowest BCUT2D eigenvalue weighted by Crippen LogP contribution is -2.64. The standard InChI is InChI=1S/C44H71N13O18/c1-19(35(66)50-25(13-14-30(64)65)36(67)51-26(43(74)75)12-9-15-48-44(46)47)49-39(70)32(21(3)60)56-42(73)34(23(5)62)57-41(72)33(22(4)61)55-37(68)27(16-24-10-7-6-8-11-24)52-38(69)28(18-58)53-40(71)31(20(2)59)54-29(63)17-45/h6-8,10-11,19-23,25-28,31-34,58-62H,9,12-18,45H2,1-5H3,(H,49,70)(H,50,66)(H,51,67)(H,52,69)(H,53,71)(H,54,63)(H,55,68)(H,56,73)(H,57,72)(H,64,65)(H,74,75)(H4,46,47,48)/t19-,20+,21+,22+,23+,25-,26-,27-,28-,31-,32-,33-,34-/m0/s1. The quantitative estimate of drug-likeness (QED) is 0.0177. The molecule has 31 heteroatoms. The molecule has 0 saturated heterocycles. The molecule has 1 aromatic rings. The van der Waals surface area contributed by atoms with Crippen LogP contribution in [0.25, 0.3) is 0 Å². The maximum atomic E-state index is 13.9. The summed E-state index contributed by atoms with van der Waals surface area (Å²) in [6.07, 6.45) is -8.35. The summed E-state index contributed by atoms with van der Waals surface area (Å²) in [5.74, 6) is -13.4. The van der Waals surface area contributed by atoms with Gasteiger partial charge in [-0.1, -0.05) is 30.3 Å². The Balaban J connectivity index is 3.28. The number of amides is 9. The molecule has 0 aliphatic carbocycles. The smallest absolute Gasteiger partial charge is 0.326 e. The van der Waals surface area contributed by atoms with Crippen molar-refractivity contribution in [2.45, 2.75) is 146 Å². The van der Waals surface area contributed by atoms with Gasteiger partial charge in [0.05, 0.1) is 37.6 Å². The second-order valence-corrected chi connectivity index (χ2v) is 17.2. The van der Waals surface area contributed by atoms with E-state index in [0.29, 0.717) is 5.56 Å². The highest BCUT2D eigenvalue weighted by atomic mass is 16.4. The van der Waals surface area contributed by atoms with Crippen molar-refractivity contribution >= 4 is 71.1 Å². The summed E-state index contributed by atoms with van der Waals surface area (Å²) in [5.41, 5.74) is 16.2. The number of rotatable bonds is 33. The van der Waals surface area contributed by atoms with E-state index < -0.39 is 170 Å². The Kier molecular flexibility index (Phi) is 28.4. The summed E-state index contributed by atoms with van der Waals surface area (Å²) < 4.78 is 0. The number of guanidine groups is 1. The number of aliphatic carboxylic acids is 2. The topological polar surface area (TPSA) is 528 Å². The van der Waals surface area contributed by atoms with Gasteiger partial charge in [-0.3, -0.25) is 52.9 Å². The summed E-state index contributed by atoms with van der Waals surface area (Å²) >= 11 is 0. The number of carbonyl (C=O) groups excluding carboxylic acids is 9. The van der Waals surface area contributed by atoms with Crippen LogP contribution < -0.4 is 65.1 Å². The van der Waals surface area contributed by atoms with Crippen molar-refractivity contribution in [2.24, 2.45) is 22.2 Å². The molecular formula is C44H71N13O18. The monoisotopic (exact) mass is 1070 g/mol. The molecule has 9 amide bonds. The predicted molar refractivity (Wildman–Crippen MR) is 260 cm³/mol. The molecule has 0 unspecified atom stereocenters. The number of nitrogens with two attached hydrogens (primary N) is 3. The normalized spacial score (nSPS) is 16.2. The van der Waals surface area contributed by atoms with Gasteiger partial charge < -0.3 is 101 Å². The molecule has 0 aliphatic heterocycles. The molecule has 0 saturated carbocycles. The van der Waals surface area contributed by atoms with E-state index in [9.17, 15) is 88.5 Å². The summed E-state index contributed by atoms with van der Waals surface area (Å²) in [6, 6.07) is -7.67. The van der Waals surface area contributed by atoms with Crippen molar-refractivity contribution in [3.63, 3.8) is 0 Å². The number of carboxylic acids is 2. The Morgan fingerprint density at radius 1 is 0.520 bits per heavy atom.